The average Bonchev–Trinajstić information content (AvgIpc) is 3.74. The first-order chi connectivity index (χ1) is 28.8. The molecule has 0 amide bonds. The van der Waals surface area contributed by atoms with Gasteiger partial charge < -0.3 is 33.0 Å². The summed E-state index contributed by atoms with van der Waals surface area (Å²) in [5.74, 6) is 1.29. The fraction of sp³-hybridized carbons (Fsp3) is 0.391. The van der Waals surface area contributed by atoms with Gasteiger partial charge in [0.05, 0.1) is 44.1 Å². The van der Waals surface area contributed by atoms with Gasteiger partial charge in [-0.15, -0.1) is 8.61 Å². The van der Waals surface area contributed by atoms with Gasteiger partial charge in [-0.05, 0) is 73.9 Å². The van der Waals surface area contributed by atoms with Crippen LogP contribution in [0, 0.1) is 0 Å². The second kappa shape index (κ2) is 18.5. The molecule has 0 radical (unpaired) electrons. The predicted octanol–water partition coefficient (Wildman–Crippen LogP) is 7.54. The van der Waals surface area contributed by atoms with Crippen LogP contribution in [0.2, 0.25) is 0 Å². The predicted molar refractivity (Wildman–Crippen MR) is 233 cm³/mol. The van der Waals surface area contributed by atoms with Crippen molar-refractivity contribution < 1.29 is 28.3 Å². The lowest BCUT2D eigenvalue weighted by molar-refractivity contribution is 0.0512. The Morgan fingerprint density at radius 1 is 0.898 bits per heavy atom. The summed E-state index contributed by atoms with van der Waals surface area (Å²) in [7, 11) is 5.64. The van der Waals surface area contributed by atoms with Crippen LogP contribution in [0.25, 0.3) is 32.8 Å². The van der Waals surface area contributed by atoms with Crippen LogP contribution in [-0.4, -0.2) is 93.6 Å². The summed E-state index contributed by atoms with van der Waals surface area (Å²) in [6.07, 6.45) is 3.06. The maximum Gasteiger partial charge on any atom is 0.355 e. The Morgan fingerprint density at radius 2 is 1.66 bits per heavy atom. The van der Waals surface area contributed by atoms with E-state index in [1.165, 1.54) is 0 Å². The normalized spacial score (nSPS) is 15.6. The molecule has 0 aliphatic carbocycles. The van der Waals surface area contributed by atoms with E-state index in [1.54, 1.807) is 4.31 Å². The van der Waals surface area contributed by atoms with E-state index in [9.17, 15) is 9.35 Å². The number of hydrogen-bond acceptors (Lipinski definition) is 10. The standard InChI is InChI=1S/C46H54N6O6S/c1-5-56-46(53)45-38(18-12-30-57-42-19-10-14-33-13-6-7-15-36(33)42)37-16-11-17-39-43-40(47-49(4)41(43)32-55-29-9-8-24-52(45)44(37)39)31-58-35-22-20-34(21-23-35)50-25-27-51(28-26-50)59(54)48(2)3/h6-7,10-11,13-17,19-23H,5,8-9,12,18,24-32H2,1-4H3. The molecule has 13 heteroatoms. The minimum Gasteiger partial charge on any atom is -0.578 e. The van der Waals surface area contributed by atoms with Crippen LogP contribution in [0.15, 0.2) is 84.9 Å². The number of carbonyl (C=O) groups is 1. The molecule has 2 aromatic heterocycles. The van der Waals surface area contributed by atoms with Crippen molar-refractivity contribution in [2.75, 3.05) is 65.0 Å². The topological polar surface area (TPSA) is 110 Å². The van der Waals surface area contributed by atoms with Gasteiger partial charge >= 0.3 is 5.97 Å². The molecule has 0 bridgehead atoms. The number of ether oxygens (including phenoxy) is 4. The summed E-state index contributed by atoms with van der Waals surface area (Å²) >= 11 is -1.12. The summed E-state index contributed by atoms with van der Waals surface area (Å²) in [6.45, 7) is 7.61. The zero-order chi connectivity index (χ0) is 40.9. The van der Waals surface area contributed by atoms with Gasteiger partial charge in [-0.25, -0.2) is 4.79 Å². The largest absolute Gasteiger partial charge is 0.578 e. The number of para-hydroxylation sites is 1. The number of fused-ring (bicyclic) bond motifs is 3. The Balaban J connectivity index is 1.08. The molecule has 1 unspecified atom stereocenters. The summed E-state index contributed by atoms with van der Waals surface area (Å²) in [6, 6.07) is 28.9. The number of aromatic nitrogens is 3. The third-order valence-corrected chi connectivity index (χ3v) is 12.7. The monoisotopic (exact) mass is 818 g/mol. The molecule has 1 fully saturated rings. The number of rotatable bonds is 13. The highest BCUT2D eigenvalue weighted by molar-refractivity contribution is 7.86. The Kier molecular flexibility index (Phi) is 12.7. The van der Waals surface area contributed by atoms with Gasteiger partial charge in [0, 0.05) is 75.0 Å². The first-order valence-electron chi connectivity index (χ1n) is 20.7. The van der Waals surface area contributed by atoms with E-state index in [0.717, 1.165) is 112 Å². The molecule has 12 nitrogen and oxygen atoms in total. The molecule has 6 aromatic rings. The molecule has 4 aromatic carbocycles. The molecule has 2 aliphatic heterocycles. The summed E-state index contributed by atoms with van der Waals surface area (Å²) in [4.78, 5) is 16.3. The van der Waals surface area contributed by atoms with Gasteiger partial charge in [0.2, 0.25) is 0 Å². The van der Waals surface area contributed by atoms with Crippen molar-refractivity contribution >= 4 is 44.9 Å². The van der Waals surface area contributed by atoms with E-state index in [-0.39, 0.29) is 19.2 Å². The van der Waals surface area contributed by atoms with E-state index >= 15 is 0 Å². The van der Waals surface area contributed by atoms with Crippen LogP contribution in [0.5, 0.6) is 11.5 Å². The van der Waals surface area contributed by atoms with Crippen molar-refractivity contribution in [3.8, 4) is 22.6 Å². The highest BCUT2D eigenvalue weighted by Gasteiger charge is 2.30. The molecule has 310 valence electrons. The van der Waals surface area contributed by atoms with Crippen LogP contribution < -0.4 is 14.4 Å². The lowest BCUT2D eigenvalue weighted by Gasteiger charge is -2.36. The zero-order valence-electron chi connectivity index (χ0n) is 34.5. The van der Waals surface area contributed by atoms with Crippen LogP contribution in [-0.2, 0) is 54.2 Å². The summed E-state index contributed by atoms with van der Waals surface area (Å²) in [5.41, 5.74) is 7.39. The molecular formula is C46H54N6O6S. The molecule has 0 spiro atoms. The maximum absolute atomic E-state index is 14.0. The molecule has 2 aliphatic rings. The Hall–Kier alpha value is -5.05. The molecular weight excluding hydrogens is 765 g/mol. The zero-order valence-corrected chi connectivity index (χ0v) is 35.3. The van der Waals surface area contributed by atoms with Crippen molar-refractivity contribution in [1.82, 2.24) is 23.0 Å². The van der Waals surface area contributed by atoms with Crippen LogP contribution in [0.4, 0.5) is 5.69 Å². The van der Waals surface area contributed by atoms with Crippen molar-refractivity contribution in [3.05, 3.63) is 108 Å². The Labute approximate surface area is 349 Å². The third kappa shape index (κ3) is 8.66. The number of anilines is 1. The molecule has 1 saturated heterocycles. The van der Waals surface area contributed by atoms with Gasteiger partial charge in [-0.1, -0.05) is 54.6 Å². The first kappa shape index (κ1) is 40.7. The van der Waals surface area contributed by atoms with Gasteiger partial charge in [-0.3, -0.25) is 4.68 Å². The van der Waals surface area contributed by atoms with Gasteiger partial charge in [0.15, 0.2) is 0 Å². The van der Waals surface area contributed by atoms with E-state index in [0.29, 0.717) is 38.5 Å². The minimum absolute atomic E-state index is 0.248. The number of aryl methyl sites for hydroxylation is 3. The number of piperazine rings is 1. The third-order valence-electron chi connectivity index (χ3n) is 11.3. The average molecular weight is 819 g/mol. The summed E-state index contributed by atoms with van der Waals surface area (Å²) in [5, 5.41) is 8.28. The van der Waals surface area contributed by atoms with E-state index in [2.05, 4.69) is 58.0 Å². The molecule has 4 heterocycles. The fourth-order valence-electron chi connectivity index (χ4n) is 8.42. The molecule has 59 heavy (non-hydrogen) atoms. The smallest absolute Gasteiger partial charge is 0.355 e. The van der Waals surface area contributed by atoms with Crippen molar-refractivity contribution in [1.29, 1.82) is 0 Å². The molecule has 8 rings (SSSR count). The summed E-state index contributed by atoms with van der Waals surface area (Å²) < 4.78 is 45.2. The fourth-order valence-corrected chi connectivity index (χ4v) is 9.36. The first-order valence-corrected chi connectivity index (χ1v) is 21.8. The van der Waals surface area contributed by atoms with Crippen molar-refractivity contribution in [2.24, 2.45) is 7.05 Å². The van der Waals surface area contributed by atoms with Gasteiger partial charge in [-0.2, -0.15) is 5.10 Å². The minimum atomic E-state index is -1.12. The Morgan fingerprint density at radius 3 is 2.46 bits per heavy atom. The Bertz CT molecular complexity index is 2380. The van der Waals surface area contributed by atoms with Crippen molar-refractivity contribution in [2.45, 2.75) is 52.4 Å². The van der Waals surface area contributed by atoms with Crippen molar-refractivity contribution in [3.63, 3.8) is 0 Å². The second-order valence-electron chi connectivity index (χ2n) is 15.2. The molecule has 0 saturated carbocycles. The van der Waals surface area contributed by atoms with Crippen LogP contribution in [0.1, 0.15) is 53.6 Å². The maximum atomic E-state index is 14.0. The highest BCUT2D eigenvalue weighted by Crippen LogP contribution is 2.40. The second-order valence-corrected chi connectivity index (χ2v) is 16.9. The molecule has 0 N–H and O–H groups in total. The number of hydrogen-bond donors (Lipinski definition) is 0. The molecule has 1 atom stereocenters. The number of benzene rings is 4. The van der Waals surface area contributed by atoms with E-state index in [1.807, 2.05) is 73.5 Å². The lowest BCUT2D eigenvalue weighted by atomic mass is 9.98. The number of esters is 1. The lowest BCUT2D eigenvalue weighted by Crippen LogP contribution is -2.51. The number of nitrogens with zero attached hydrogens (tertiary/aromatic N) is 6. The quantitative estimate of drug-likeness (QED) is 0.0659. The van der Waals surface area contributed by atoms with Crippen LogP contribution >= 0.6 is 0 Å². The van der Waals surface area contributed by atoms with E-state index in [4.69, 9.17) is 24.0 Å². The van der Waals surface area contributed by atoms with E-state index < -0.39 is 11.5 Å². The highest BCUT2D eigenvalue weighted by atomic mass is 32.2. The SMILES string of the molecule is CCOC(=O)c1c(CCCOc2cccc3ccccc23)c2cccc3c2n1CCCCOCc1c-3c(COc2ccc(N3CCN([S+]([O-])N(C)C)CC3)cc2)nn1C. The number of carbonyl (C=O) groups excluding carboxylic acids is 1. The van der Waals surface area contributed by atoms with Gasteiger partial charge in [0.25, 0.3) is 0 Å². The van der Waals surface area contributed by atoms with Gasteiger partial charge in [0.1, 0.15) is 41.0 Å². The van der Waals surface area contributed by atoms with Crippen LogP contribution in [0.3, 0.4) is 0 Å².